The molecule has 3 aliphatic heterocycles. The zero-order valence-corrected chi connectivity index (χ0v) is 10.9. The van der Waals surface area contributed by atoms with E-state index in [1.54, 1.807) is 0 Å². The van der Waals surface area contributed by atoms with Crippen molar-refractivity contribution in [2.24, 2.45) is 5.92 Å². The van der Waals surface area contributed by atoms with E-state index in [4.69, 9.17) is 0 Å². The van der Waals surface area contributed by atoms with Crippen LogP contribution in [0.2, 0.25) is 0 Å². The zero-order chi connectivity index (χ0) is 12.7. The standard InChI is InChI=1S/C15H18N4/c1-2-6-16-14(3-1)13-9-17-19(10-13)15-11-18-7-4-12(15)5-8-18/h1-3,6,9-10,12,15H,4-5,7-8,11H2. The highest BCUT2D eigenvalue weighted by molar-refractivity contribution is 5.56. The Labute approximate surface area is 113 Å². The van der Waals surface area contributed by atoms with E-state index < -0.39 is 0 Å². The van der Waals surface area contributed by atoms with Crippen LogP contribution in [0.1, 0.15) is 18.9 Å². The van der Waals surface area contributed by atoms with Crippen molar-refractivity contribution in [1.29, 1.82) is 0 Å². The quantitative estimate of drug-likeness (QED) is 0.824. The van der Waals surface area contributed by atoms with E-state index in [1.807, 2.05) is 30.6 Å². The van der Waals surface area contributed by atoms with Crippen molar-refractivity contribution in [2.75, 3.05) is 19.6 Å². The third-order valence-corrected chi connectivity index (χ3v) is 4.52. The Morgan fingerprint density at radius 2 is 2.05 bits per heavy atom. The van der Waals surface area contributed by atoms with Crippen LogP contribution in [0.4, 0.5) is 0 Å². The van der Waals surface area contributed by atoms with Crippen molar-refractivity contribution in [2.45, 2.75) is 18.9 Å². The summed E-state index contributed by atoms with van der Waals surface area (Å²) in [6, 6.07) is 6.56. The maximum atomic E-state index is 4.58. The summed E-state index contributed by atoms with van der Waals surface area (Å²) < 4.78 is 2.17. The maximum absolute atomic E-state index is 4.58. The molecule has 0 aromatic carbocycles. The van der Waals surface area contributed by atoms with Gasteiger partial charge in [0.15, 0.2) is 0 Å². The lowest BCUT2D eigenvalue weighted by molar-refractivity contribution is 0.0513. The molecule has 19 heavy (non-hydrogen) atoms. The fourth-order valence-corrected chi connectivity index (χ4v) is 3.42. The smallest absolute Gasteiger partial charge is 0.0733 e. The zero-order valence-electron chi connectivity index (χ0n) is 10.9. The SMILES string of the molecule is c1ccc(-c2cnn(C3CN4CCC3CC4)c2)nc1. The van der Waals surface area contributed by atoms with Crippen LogP contribution < -0.4 is 0 Å². The normalized spacial score (nSPS) is 29.6. The van der Waals surface area contributed by atoms with Crippen molar-refractivity contribution < 1.29 is 0 Å². The molecule has 4 heteroatoms. The van der Waals surface area contributed by atoms with Gasteiger partial charge in [-0.1, -0.05) is 6.07 Å². The van der Waals surface area contributed by atoms with Gasteiger partial charge >= 0.3 is 0 Å². The summed E-state index contributed by atoms with van der Waals surface area (Å²) in [6.45, 7) is 3.71. The van der Waals surface area contributed by atoms with Gasteiger partial charge < -0.3 is 4.90 Å². The minimum atomic E-state index is 0.556. The molecule has 1 atom stereocenters. The van der Waals surface area contributed by atoms with Crippen LogP contribution in [-0.2, 0) is 0 Å². The Morgan fingerprint density at radius 3 is 2.74 bits per heavy atom. The summed E-state index contributed by atoms with van der Waals surface area (Å²) in [5.74, 6) is 0.807. The number of rotatable bonds is 2. The first kappa shape index (κ1) is 11.2. The van der Waals surface area contributed by atoms with Crippen LogP contribution in [0.5, 0.6) is 0 Å². The van der Waals surface area contributed by atoms with E-state index >= 15 is 0 Å². The number of piperidine rings is 3. The van der Waals surface area contributed by atoms with E-state index in [0.717, 1.165) is 23.7 Å². The van der Waals surface area contributed by atoms with Crippen molar-refractivity contribution in [3.8, 4) is 11.3 Å². The molecule has 3 saturated heterocycles. The van der Waals surface area contributed by atoms with Gasteiger partial charge in [0.25, 0.3) is 0 Å². The van der Waals surface area contributed by atoms with Gasteiger partial charge in [-0.2, -0.15) is 5.10 Å². The Morgan fingerprint density at radius 1 is 1.16 bits per heavy atom. The maximum Gasteiger partial charge on any atom is 0.0733 e. The monoisotopic (exact) mass is 254 g/mol. The first-order chi connectivity index (χ1) is 9.40. The predicted octanol–water partition coefficient (Wildman–Crippen LogP) is 2.21. The van der Waals surface area contributed by atoms with E-state index in [9.17, 15) is 0 Å². The second-order valence-corrected chi connectivity index (χ2v) is 5.63. The topological polar surface area (TPSA) is 34.0 Å². The molecule has 4 nitrogen and oxygen atoms in total. The third kappa shape index (κ3) is 1.96. The summed E-state index contributed by atoms with van der Waals surface area (Å²) in [7, 11) is 0. The van der Waals surface area contributed by atoms with Gasteiger partial charge in [-0.15, -0.1) is 0 Å². The summed E-state index contributed by atoms with van der Waals surface area (Å²) in [6.07, 6.45) is 8.59. The summed E-state index contributed by atoms with van der Waals surface area (Å²) in [5.41, 5.74) is 2.13. The molecule has 0 radical (unpaired) electrons. The van der Waals surface area contributed by atoms with Gasteiger partial charge in [-0.25, -0.2) is 0 Å². The van der Waals surface area contributed by atoms with Gasteiger partial charge in [-0.3, -0.25) is 9.67 Å². The van der Waals surface area contributed by atoms with Crippen molar-refractivity contribution in [1.82, 2.24) is 19.7 Å². The molecule has 3 fully saturated rings. The molecule has 5 rings (SSSR count). The minimum absolute atomic E-state index is 0.556. The third-order valence-electron chi connectivity index (χ3n) is 4.52. The van der Waals surface area contributed by atoms with E-state index in [-0.39, 0.29) is 0 Å². The molecule has 0 spiro atoms. The van der Waals surface area contributed by atoms with Crippen LogP contribution in [0.3, 0.4) is 0 Å². The van der Waals surface area contributed by atoms with Gasteiger partial charge in [0, 0.05) is 24.5 Å². The van der Waals surface area contributed by atoms with Crippen molar-refractivity contribution >= 4 is 0 Å². The lowest BCUT2D eigenvalue weighted by Gasteiger charge is -2.44. The average Bonchev–Trinajstić information content (AvgIpc) is 2.99. The Bertz CT molecular complexity index is 555. The first-order valence-electron chi connectivity index (χ1n) is 7.08. The van der Waals surface area contributed by atoms with Crippen LogP contribution in [0, 0.1) is 5.92 Å². The number of pyridine rings is 1. The molecule has 0 amide bonds. The van der Waals surface area contributed by atoms with Gasteiger partial charge in [0.05, 0.1) is 17.9 Å². The van der Waals surface area contributed by atoms with Gasteiger partial charge in [0.1, 0.15) is 0 Å². The molecule has 2 aromatic heterocycles. The van der Waals surface area contributed by atoms with Crippen molar-refractivity contribution in [3.05, 3.63) is 36.8 Å². The number of nitrogens with zero attached hydrogens (tertiary/aromatic N) is 4. The second-order valence-electron chi connectivity index (χ2n) is 5.63. The van der Waals surface area contributed by atoms with Crippen molar-refractivity contribution in [3.63, 3.8) is 0 Å². The van der Waals surface area contributed by atoms with Gasteiger partial charge in [0.2, 0.25) is 0 Å². The highest BCUT2D eigenvalue weighted by Gasteiger charge is 2.35. The Hall–Kier alpha value is -1.68. The van der Waals surface area contributed by atoms with Crippen LogP contribution in [-0.4, -0.2) is 39.3 Å². The Balaban J connectivity index is 1.62. The summed E-state index contributed by atoms with van der Waals surface area (Å²) in [4.78, 5) is 6.95. The Kier molecular flexibility index (Phi) is 2.62. The molecule has 0 N–H and O–H groups in total. The minimum Gasteiger partial charge on any atom is -0.301 e. The number of fused-ring (bicyclic) bond motifs is 3. The second kappa shape index (κ2) is 4.46. The lowest BCUT2D eigenvalue weighted by atomic mass is 9.84. The molecule has 2 bridgehead atoms. The highest BCUT2D eigenvalue weighted by atomic mass is 15.3. The molecule has 98 valence electrons. The number of hydrogen-bond acceptors (Lipinski definition) is 3. The fourth-order valence-electron chi connectivity index (χ4n) is 3.42. The van der Waals surface area contributed by atoms with Gasteiger partial charge in [-0.05, 0) is 44.0 Å². The predicted molar refractivity (Wildman–Crippen MR) is 73.7 cm³/mol. The molecule has 0 saturated carbocycles. The van der Waals surface area contributed by atoms with Crippen LogP contribution in [0.25, 0.3) is 11.3 Å². The van der Waals surface area contributed by atoms with Crippen LogP contribution >= 0.6 is 0 Å². The molecular formula is C15H18N4. The van der Waals surface area contributed by atoms with E-state index in [1.165, 1.54) is 25.9 Å². The molecule has 1 unspecified atom stereocenters. The lowest BCUT2D eigenvalue weighted by Crippen LogP contribution is -2.48. The summed E-state index contributed by atoms with van der Waals surface area (Å²) in [5, 5.41) is 4.58. The van der Waals surface area contributed by atoms with E-state index in [0.29, 0.717) is 6.04 Å². The average molecular weight is 254 g/mol. The molecular weight excluding hydrogens is 236 g/mol. The fraction of sp³-hybridized carbons (Fsp3) is 0.467. The molecule has 2 aromatic rings. The van der Waals surface area contributed by atoms with E-state index in [2.05, 4.69) is 25.9 Å². The highest BCUT2D eigenvalue weighted by Crippen LogP contribution is 2.35. The number of aromatic nitrogens is 3. The van der Waals surface area contributed by atoms with Crippen LogP contribution in [0.15, 0.2) is 36.8 Å². The first-order valence-corrected chi connectivity index (χ1v) is 7.08. The molecule has 0 aliphatic carbocycles. The largest absolute Gasteiger partial charge is 0.301 e. The molecule has 5 heterocycles. The number of hydrogen-bond donors (Lipinski definition) is 0. The summed E-state index contributed by atoms with van der Waals surface area (Å²) >= 11 is 0. The molecule has 3 aliphatic rings.